The van der Waals surface area contributed by atoms with Crippen LogP contribution in [0.3, 0.4) is 0 Å². The van der Waals surface area contributed by atoms with Gasteiger partial charge in [-0.05, 0) is 24.6 Å². The lowest BCUT2D eigenvalue weighted by atomic mass is 10.2. The van der Waals surface area contributed by atoms with Crippen LogP contribution in [-0.4, -0.2) is 29.0 Å². The first kappa shape index (κ1) is 20.8. The molecule has 0 aliphatic rings. The second-order valence-electron chi connectivity index (χ2n) is 6.26. The average Bonchev–Trinajstić information content (AvgIpc) is 3.05. The van der Waals surface area contributed by atoms with Crippen molar-refractivity contribution in [3.05, 3.63) is 75.4 Å². The molecule has 9 heteroatoms. The number of hydrogen-bond donors (Lipinski definition) is 2. The van der Waals surface area contributed by atoms with E-state index in [4.69, 9.17) is 0 Å². The summed E-state index contributed by atoms with van der Waals surface area (Å²) in [6, 6.07) is 12.0. The number of amides is 1. The minimum atomic E-state index is -4.49. The van der Waals surface area contributed by atoms with E-state index in [0.717, 1.165) is 16.6 Å². The van der Waals surface area contributed by atoms with Crippen LogP contribution < -0.4 is 10.6 Å². The Bertz CT molecular complexity index is 973. The minimum absolute atomic E-state index is 0.112. The van der Waals surface area contributed by atoms with Gasteiger partial charge in [0.2, 0.25) is 0 Å². The number of alkyl halides is 3. The molecule has 2 heterocycles. The maximum absolute atomic E-state index is 13.0. The van der Waals surface area contributed by atoms with Gasteiger partial charge in [0.1, 0.15) is 10.7 Å². The molecule has 0 unspecified atom stereocenters. The second kappa shape index (κ2) is 9.04. The van der Waals surface area contributed by atoms with Crippen LogP contribution in [0.4, 0.5) is 19.0 Å². The Labute approximate surface area is 170 Å². The Hall–Kier alpha value is -2.94. The highest BCUT2D eigenvalue weighted by Gasteiger charge is 2.33. The summed E-state index contributed by atoms with van der Waals surface area (Å²) in [5, 5.41) is 6.16. The number of rotatable bonds is 7. The van der Waals surface area contributed by atoms with Crippen molar-refractivity contribution < 1.29 is 18.0 Å². The van der Waals surface area contributed by atoms with Crippen molar-refractivity contribution in [2.45, 2.75) is 19.5 Å². The smallest absolute Gasteiger partial charge is 0.368 e. The Morgan fingerprint density at radius 1 is 1.10 bits per heavy atom. The quantitative estimate of drug-likeness (QED) is 0.560. The van der Waals surface area contributed by atoms with E-state index in [9.17, 15) is 18.0 Å². The van der Waals surface area contributed by atoms with E-state index in [1.54, 1.807) is 6.92 Å². The largest absolute Gasteiger partial charge is 0.419 e. The maximum atomic E-state index is 13.0. The van der Waals surface area contributed by atoms with Crippen LogP contribution in [0.2, 0.25) is 0 Å². The van der Waals surface area contributed by atoms with Crippen molar-refractivity contribution in [3.8, 4) is 0 Å². The van der Waals surface area contributed by atoms with E-state index in [0.29, 0.717) is 17.0 Å². The number of carbonyl (C=O) groups is 1. The molecule has 29 heavy (non-hydrogen) atoms. The average molecular weight is 420 g/mol. The number of halogens is 3. The van der Waals surface area contributed by atoms with Crippen LogP contribution in [0, 0.1) is 6.92 Å². The summed E-state index contributed by atoms with van der Waals surface area (Å²) in [5.74, 6) is -0.549. The molecule has 0 saturated carbocycles. The Balaban J connectivity index is 1.54. The minimum Gasteiger partial charge on any atom is -0.368 e. The maximum Gasteiger partial charge on any atom is 0.419 e. The first-order valence-corrected chi connectivity index (χ1v) is 9.71. The molecule has 5 nitrogen and oxygen atoms in total. The fraction of sp³-hybridized carbons (Fsp3) is 0.250. The number of benzene rings is 1. The highest BCUT2D eigenvalue weighted by Crippen LogP contribution is 2.33. The van der Waals surface area contributed by atoms with Gasteiger partial charge in [0.25, 0.3) is 5.91 Å². The second-order valence-corrected chi connectivity index (χ2v) is 7.35. The number of hydrogen-bond acceptors (Lipinski definition) is 5. The number of thiazole rings is 1. The molecule has 3 aromatic rings. The van der Waals surface area contributed by atoms with Gasteiger partial charge in [0, 0.05) is 25.7 Å². The van der Waals surface area contributed by atoms with Gasteiger partial charge in [0.15, 0.2) is 0 Å². The lowest BCUT2D eigenvalue weighted by Crippen LogP contribution is -2.29. The third-order valence-corrected chi connectivity index (χ3v) is 5.22. The van der Waals surface area contributed by atoms with E-state index >= 15 is 0 Å². The van der Waals surface area contributed by atoms with E-state index in [1.165, 1.54) is 23.6 Å². The van der Waals surface area contributed by atoms with Crippen LogP contribution in [0.15, 0.2) is 48.7 Å². The molecule has 152 valence electrons. The predicted octanol–water partition coefficient (Wildman–Crippen LogP) is 4.30. The molecule has 0 bridgehead atoms. The summed E-state index contributed by atoms with van der Waals surface area (Å²) in [7, 11) is 0. The fourth-order valence-corrected chi connectivity index (χ4v) is 3.74. The molecule has 2 aromatic heterocycles. The summed E-state index contributed by atoms with van der Waals surface area (Å²) >= 11 is 1.32. The van der Waals surface area contributed by atoms with Gasteiger partial charge < -0.3 is 10.6 Å². The highest BCUT2D eigenvalue weighted by molar-refractivity contribution is 7.13. The molecule has 0 atom stereocenters. The van der Waals surface area contributed by atoms with E-state index in [2.05, 4.69) is 20.6 Å². The molecule has 0 fully saturated rings. The summed E-state index contributed by atoms with van der Waals surface area (Å²) in [5.41, 5.74) is 0.902. The monoisotopic (exact) mass is 420 g/mol. The summed E-state index contributed by atoms with van der Waals surface area (Å²) in [4.78, 5) is 21.1. The Morgan fingerprint density at radius 2 is 1.86 bits per heavy atom. The Kier molecular flexibility index (Phi) is 6.48. The zero-order valence-electron chi connectivity index (χ0n) is 15.6. The lowest BCUT2D eigenvalue weighted by molar-refractivity contribution is -0.137. The first-order chi connectivity index (χ1) is 13.8. The number of nitrogens with zero attached hydrogens (tertiary/aromatic N) is 2. The van der Waals surface area contributed by atoms with Crippen LogP contribution in [-0.2, 0) is 12.6 Å². The van der Waals surface area contributed by atoms with Crippen LogP contribution >= 0.6 is 11.3 Å². The number of carbonyl (C=O) groups excluding carboxylic acids is 1. The van der Waals surface area contributed by atoms with Crippen molar-refractivity contribution >= 4 is 23.1 Å². The zero-order chi connectivity index (χ0) is 20.9. The van der Waals surface area contributed by atoms with Gasteiger partial charge in [-0.1, -0.05) is 30.3 Å². The normalized spacial score (nSPS) is 11.3. The molecule has 0 saturated heterocycles. The van der Waals surface area contributed by atoms with Crippen molar-refractivity contribution in [3.63, 3.8) is 0 Å². The van der Waals surface area contributed by atoms with Crippen molar-refractivity contribution in [2.24, 2.45) is 0 Å². The van der Waals surface area contributed by atoms with E-state index in [-0.39, 0.29) is 24.8 Å². The van der Waals surface area contributed by atoms with Gasteiger partial charge in [-0.25, -0.2) is 9.97 Å². The molecule has 0 radical (unpaired) electrons. The zero-order valence-corrected chi connectivity index (χ0v) is 16.4. The fourth-order valence-electron chi connectivity index (χ4n) is 2.72. The van der Waals surface area contributed by atoms with Gasteiger partial charge in [0.05, 0.1) is 16.3 Å². The Morgan fingerprint density at radius 3 is 2.59 bits per heavy atom. The molecule has 3 rings (SSSR count). The predicted molar refractivity (Wildman–Crippen MR) is 106 cm³/mol. The molecule has 0 aliphatic carbocycles. The van der Waals surface area contributed by atoms with Gasteiger partial charge in [-0.15, -0.1) is 11.3 Å². The van der Waals surface area contributed by atoms with Crippen LogP contribution in [0.25, 0.3) is 0 Å². The molecule has 0 aliphatic heterocycles. The number of aryl methyl sites for hydroxylation is 1. The number of pyridine rings is 1. The summed E-state index contributed by atoms with van der Waals surface area (Å²) in [6.45, 7) is 2.03. The lowest BCUT2D eigenvalue weighted by Gasteiger charge is -2.13. The van der Waals surface area contributed by atoms with Crippen LogP contribution in [0.5, 0.6) is 0 Å². The summed E-state index contributed by atoms with van der Waals surface area (Å²) in [6.07, 6.45) is -2.57. The van der Waals surface area contributed by atoms with Crippen molar-refractivity contribution in [1.29, 1.82) is 0 Å². The van der Waals surface area contributed by atoms with Gasteiger partial charge >= 0.3 is 6.18 Å². The first-order valence-electron chi connectivity index (χ1n) is 8.89. The van der Waals surface area contributed by atoms with Gasteiger partial charge in [-0.2, -0.15) is 13.2 Å². The van der Waals surface area contributed by atoms with E-state index in [1.807, 2.05) is 30.3 Å². The number of anilines is 1. The SMILES string of the molecule is Cc1nc(Cc2ccccc2)sc1C(=O)NCCNc1ncccc1C(F)(F)F. The third kappa shape index (κ3) is 5.54. The van der Waals surface area contributed by atoms with Gasteiger partial charge in [-0.3, -0.25) is 4.79 Å². The topological polar surface area (TPSA) is 66.9 Å². The molecule has 1 aromatic carbocycles. The number of aromatic nitrogens is 2. The van der Waals surface area contributed by atoms with E-state index < -0.39 is 11.7 Å². The summed E-state index contributed by atoms with van der Waals surface area (Å²) < 4.78 is 38.9. The standard InChI is InChI=1S/C20H19F3N4OS/c1-13-17(29-16(27-13)12-14-6-3-2-4-7-14)19(28)26-11-10-25-18-15(20(21,22)23)8-5-9-24-18/h2-9H,10-12H2,1H3,(H,24,25)(H,26,28). The highest BCUT2D eigenvalue weighted by atomic mass is 32.1. The van der Waals surface area contributed by atoms with Crippen LogP contribution in [0.1, 0.15) is 31.5 Å². The molecular weight excluding hydrogens is 401 g/mol. The molecule has 2 N–H and O–H groups in total. The van der Waals surface area contributed by atoms with Crippen molar-refractivity contribution in [1.82, 2.24) is 15.3 Å². The molecular formula is C20H19F3N4OS. The molecule has 1 amide bonds. The molecule has 0 spiro atoms. The number of nitrogens with one attached hydrogen (secondary N) is 2. The van der Waals surface area contributed by atoms with Crippen molar-refractivity contribution in [2.75, 3.05) is 18.4 Å². The third-order valence-electron chi connectivity index (χ3n) is 4.06.